The maximum absolute atomic E-state index is 9.50. The van der Waals surface area contributed by atoms with Crippen LogP contribution in [0.15, 0.2) is 48.5 Å². The van der Waals surface area contributed by atoms with Gasteiger partial charge < -0.3 is 15.6 Å². The van der Waals surface area contributed by atoms with Crippen LogP contribution in [0.5, 0.6) is 0 Å². The van der Waals surface area contributed by atoms with Crippen molar-refractivity contribution in [3.05, 3.63) is 65.2 Å². The summed E-state index contributed by atoms with van der Waals surface area (Å²) in [4.78, 5) is 0. The van der Waals surface area contributed by atoms with E-state index in [1.807, 2.05) is 60.7 Å². The van der Waals surface area contributed by atoms with Crippen LogP contribution in [-0.2, 0) is 4.74 Å². The number of hydrogen-bond donors (Lipinski definition) is 2. The summed E-state index contributed by atoms with van der Waals surface area (Å²) in [6.45, 7) is 0. The summed E-state index contributed by atoms with van der Waals surface area (Å²) in [5.41, 5.74) is 9.29. The lowest BCUT2D eigenvalue weighted by Gasteiger charge is -2.08. The first kappa shape index (κ1) is 13.3. The Balaban J connectivity index is 2.09. The van der Waals surface area contributed by atoms with E-state index < -0.39 is 6.29 Å². The summed E-state index contributed by atoms with van der Waals surface area (Å²) in [5.74, 6) is 0. The first-order valence-corrected chi connectivity index (χ1v) is 6.03. The lowest BCUT2D eigenvalue weighted by Crippen LogP contribution is -1.98. The van der Waals surface area contributed by atoms with Crippen molar-refractivity contribution < 1.29 is 9.84 Å². The molecule has 0 fully saturated rings. The molecule has 2 aromatic rings. The smallest absolute Gasteiger partial charge is 0.180 e. The van der Waals surface area contributed by atoms with Gasteiger partial charge in [0, 0.05) is 18.4 Å². The highest BCUT2D eigenvalue weighted by atomic mass is 16.6. The number of rotatable bonds is 4. The van der Waals surface area contributed by atoms with E-state index in [4.69, 9.17) is 10.5 Å². The summed E-state index contributed by atoms with van der Waals surface area (Å²) in [6, 6.07) is 15.2. The lowest BCUT2D eigenvalue weighted by molar-refractivity contribution is -0.0769. The zero-order valence-corrected chi connectivity index (χ0v) is 10.8. The molecule has 2 aromatic carbocycles. The molecule has 0 saturated carbocycles. The summed E-state index contributed by atoms with van der Waals surface area (Å²) in [5, 5.41) is 9.50. The Kier molecular flexibility index (Phi) is 4.34. The highest BCUT2D eigenvalue weighted by molar-refractivity contribution is 5.70. The van der Waals surface area contributed by atoms with Crippen molar-refractivity contribution in [2.45, 2.75) is 6.29 Å². The molecule has 3 nitrogen and oxygen atoms in total. The predicted octanol–water partition coefficient (Wildman–Crippen LogP) is 3.08. The molecule has 0 aliphatic carbocycles. The monoisotopic (exact) mass is 255 g/mol. The minimum atomic E-state index is -0.866. The molecule has 2 rings (SSSR count). The van der Waals surface area contributed by atoms with Gasteiger partial charge in [0.1, 0.15) is 0 Å². The molecule has 19 heavy (non-hydrogen) atoms. The van der Waals surface area contributed by atoms with Crippen LogP contribution >= 0.6 is 0 Å². The normalized spacial score (nSPS) is 12.7. The average molecular weight is 255 g/mol. The van der Waals surface area contributed by atoms with Crippen molar-refractivity contribution in [2.75, 3.05) is 12.8 Å². The Morgan fingerprint density at radius 3 is 1.89 bits per heavy atom. The Hall–Kier alpha value is -2.10. The lowest BCUT2D eigenvalue weighted by atomic mass is 10.1. The van der Waals surface area contributed by atoms with E-state index in [9.17, 15) is 5.11 Å². The zero-order chi connectivity index (χ0) is 13.7. The second-order valence-electron chi connectivity index (χ2n) is 4.25. The molecule has 98 valence electrons. The molecule has 0 aliphatic rings. The van der Waals surface area contributed by atoms with Crippen LogP contribution in [0, 0.1) is 0 Å². The quantitative estimate of drug-likeness (QED) is 0.501. The molecular formula is C16H17NO2. The van der Waals surface area contributed by atoms with E-state index in [1.165, 1.54) is 7.11 Å². The van der Waals surface area contributed by atoms with Crippen molar-refractivity contribution in [3.63, 3.8) is 0 Å². The molecule has 0 radical (unpaired) electrons. The van der Waals surface area contributed by atoms with Crippen molar-refractivity contribution in [3.8, 4) is 0 Å². The Bertz CT molecular complexity index is 544. The molecule has 0 heterocycles. The fourth-order valence-electron chi connectivity index (χ4n) is 1.71. The minimum absolute atomic E-state index is 0.743. The van der Waals surface area contributed by atoms with E-state index in [0.29, 0.717) is 0 Å². The topological polar surface area (TPSA) is 55.5 Å². The third kappa shape index (κ3) is 3.68. The maximum Gasteiger partial charge on any atom is 0.180 e. The third-order valence-corrected chi connectivity index (χ3v) is 2.85. The number of nitrogen functional groups attached to an aromatic ring is 1. The van der Waals surface area contributed by atoms with Crippen molar-refractivity contribution in [1.82, 2.24) is 0 Å². The maximum atomic E-state index is 9.50. The highest BCUT2D eigenvalue weighted by Crippen LogP contribution is 2.16. The number of hydrogen-bond acceptors (Lipinski definition) is 3. The Morgan fingerprint density at radius 1 is 0.947 bits per heavy atom. The molecule has 0 spiro atoms. The molecule has 0 amide bonds. The van der Waals surface area contributed by atoms with Crippen LogP contribution in [-0.4, -0.2) is 12.2 Å². The van der Waals surface area contributed by atoms with Crippen molar-refractivity contribution in [2.24, 2.45) is 0 Å². The molecule has 1 unspecified atom stereocenters. The van der Waals surface area contributed by atoms with Gasteiger partial charge in [-0.05, 0) is 23.3 Å². The number of aliphatic hydroxyl groups excluding tert-OH is 1. The van der Waals surface area contributed by atoms with Gasteiger partial charge in [-0.15, -0.1) is 0 Å². The number of anilines is 1. The van der Waals surface area contributed by atoms with Gasteiger partial charge in [0.15, 0.2) is 6.29 Å². The number of benzene rings is 2. The summed E-state index contributed by atoms with van der Waals surface area (Å²) < 4.78 is 4.84. The summed E-state index contributed by atoms with van der Waals surface area (Å²) in [6.07, 6.45) is 3.16. The van der Waals surface area contributed by atoms with E-state index >= 15 is 0 Å². The fraction of sp³-hybridized carbons (Fsp3) is 0.125. The summed E-state index contributed by atoms with van der Waals surface area (Å²) >= 11 is 0. The van der Waals surface area contributed by atoms with Crippen LogP contribution < -0.4 is 5.73 Å². The van der Waals surface area contributed by atoms with Gasteiger partial charge in [0.2, 0.25) is 0 Å². The van der Waals surface area contributed by atoms with Gasteiger partial charge in [-0.25, -0.2) is 0 Å². The van der Waals surface area contributed by atoms with Crippen LogP contribution in [0.4, 0.5) is 5.69 Å². The highest BCUT2D eigenvalue weighted by Gasteiger charge is 2.03. The van der Waals surface area contributed by atoms with Crippen LogP contribution in [0.25, 0.3) is 12.2 Å². The molecule has 1 atom stereocenters. The van der Waals surface area contributed by atoms with Crippen molar-refractivity contribution >= 4 is 17.8 Å². The standard InChI is InChI=1S/C16H17NO2/c1-19-16(18)14-8-4-12(5-9-14)2-3-13-6-10-15(17)11-7-13/h2-11,16,18H,17H2,1H3/b3-2+. The number of methoxy groups -OCH3 is 1. The van der Waals surface area contributed by atoms with Crippen LogP contribution in [0.2, 0.25) is 0 Å². The van der Waals surface area contributed by atoms with Crippen LogP contribution in [0.3, 0.4) is 0 Å². The molecule has 0 aromatic heterocycles. The van der Waals surface area contributed by atoms with Gasteiger partial charge >= 0.3 is 0 Å². The molecule has 0 bridgehead atoms. The van der Waals surface area contributed by atoms with Crippen LogP contribution in [0.1, 0.15) is 23.0 Å². The first-order chi connectivity index (χ1) is 9.19. The van der Waals surface area contributed by atoms with E-state index in [1.54, 1.807) is 0 Å². The van der Waals surface area contributed by atoms with Gasteiger partial charge in [-0.3, -0.25) is 0 Å². The van der Waals surface area contributed by atoms with E-state index in [-0.39, 0.29) is 0 Å². The molecule has 3 heteroatoms. The van der Waals surface area contributed by atoms with Gasteiger partial charge in [0.25, 0.3) is 0 Å². The van der Waals surface area contributed by atoms with E-state index in [0.717, 1.165) is 22.4 Å². The number of aliphatic hydroxyl groups is 1. The molecule has 0 aliphatic heterocycles. The number of ether oxygens (including phenoxy) is 1. The van der Waals surface area contributed by atoms with Gasteiger partial charge in [-0.2, -0.15) is 0 Å². The first-order valence-electron chi connectivity index (χ1n) is 6.03. The third-order valence-electron chi connectivity index (χ3n) is 2.85. The van der Waals surface area contributed by atoms with Gasteiger partial charge in [0.05, 0.1) is 0 Å². The molecule has 3 N–H and O–H groups in total. The Labute approximate surface area is 113 Å². The average Bonchev–Trinajstić information content (AvgIpc) is 2.46. The minimum Gasteiger partial charge on any atom is -0.399 e. The zero-order valence-electron chi connectivity index (χ0n) is 10.8. The molecular weight excluding hydrogens is 238 g/mol. The van der Waals surface area contributed by atoms with Crippen molar-refractivity contribution in [1.29, 1.82) is 0 Å². The second-order valence-corrected chi connectivity index (χ2v) is 4.25. The largest absolute Gasteiger partial charge is 0.399 e. The molecule has 0 saturated heterocycles. The van der Waals surface area contributed by atoms with Gasteiger partial charge in [-0.1, -0.05) is 48.6 Å². The number of nitrogens with two attached hydrogens (primary N) is 1. The SMILES string of the molecule is COC(O)c1ccc(/C=C/c2ccc(N)cc2)cc1. The van der Waals surface area contributed by atoms with E-state index in [2.05, 4.69) is 0 Å². The Morgan fingerprint density at radius 2 is 1.42 bits per heavy atom. The second kappa shape index (κ2) is 6.18. The predicted molar refractivity (Wildman–Crippen MR) is 78.2 cm³/mol. The fourth-order valence-corrected chi connectivity index (χ4v) is 1.71. The summed E-state index contributed by atoms with van der Waals surface area (Å²) in [7, 11) is 1.47.